The van der Waals surface area contributed by atoms with E-state index in [-0.39, 0.29) is 18.4 Å². The SMILES string of the molecule is O=C(CCNC(CO)c1ccccc1)c1ccc(Br)s1. The number of hydrogen-bond acceptors (Lipinski definition) is 4. The van der Waals surface area contributed by atoms with Crippen LogP contribution >= 0.6 is 27.3 Å². The van der Waals surface area contributed by atoms with E-state index in [0.29, 0.717) is 13.0 Å². The number of benzene rings is 1. The van der Waals surface area contributed by atoms with Crippen molar-refractivity contribution in [3.8, 4) is 0 Å². The zero-order chi connectivity index (χ0) is 14.4. The first-order chi connectivity index (χ1) is 9.70. The molecular formula is C15H16BrNO2S. The lowest BCUT2D eigenvalue weighted by Gasteiger charge is -2.16. The Morgan fingerprint density at radius 3 is 2.60 bits per heavy atom. The molecule has 0 bridgehead atoms. The van der Waals surface area contributed by atoms with E-state index < -0.39 is 0 Å². The summed E-state index contributed by atoms with van der Waals surface area (Å²) in [6.07, 6.45) is 0.427. The number of rotatable bonds is 7. The molecule has 0 radical (unpaired) electrons. The minimum absolute atomic E-state index is 0.0166. The van der Waals surface area contributed by atoms with E-state index in [4.69, 9.17) is 0 Å². The van der Waals surface area contributed by atoms with Crippen LogP contribution in [0.3, 0.4) is 0 Å². The molecule has 0 aliphatic heterocycles. The van der Waals surface area contributed by atoms with Crippen LogP contribution in [0.25, 0.3) is 0 Å². The number of aliphatic hydroxyl groups excluding tert-OH is 1. The van der Waals surface area contributed by atoms with Gasteiger partial charge in [0.1, 0.15) is 0 Å². The first-order valence-corrected chi connectivity index (χ1v) is 7.99. The highest BCUT2D eigenvalue weighted by Crippen LogP contribution is 2.23. The molecule has 0 amide bonds. The van der Waals surface area contributed by atoms with Gasteiger partial charge in [0.05, 0.1) is 21.3 Å². The zero-order valence-electron chi connectivity index (χ0n) is 10.9. The van der Waals surface area contributed by atoms with Crippen molar-refractivity contribution in [3.63, 3.8) is 0 Å². The van der Waals surface area contributed by atoms with Gasteiger partial charge in [0, 0.05) is 13.0 Å². The molecule has 1 atom stereocenters. The quantitative estimate of drug-likeness (QED) is 0.750. The molecule has 1 heterocycles. The van der Waals surface area contributed by atoms with Crippen LogP contribution in [0.4, 0.5) is 0 Å². The lowest BCUT2D eigenvalue weighted by molar-refractivity contribution is 0.0984. The summed E-state index contributed by atoms with van der Waals surface area (Å²) in [5.41, 5.74) is 1.03. The van der Waals surface area contributed by atoms with Crippen molar-refractivity contribution in [3.05, 3.63) is 56.7 Å². The molecular weight excluding hydrogens is 338 g/mol. The molecule has 0 aliphatic carbocycles. The van der Waals surface area contributed by atoms with Gasteiger partial charge in [-0.25, -0.2) is 0 Å². The number of halogens is 1. The number of thiophene rings is 1. The van der Waals surface area contributed by atoms with Gasteiger partial charge in [-0.3, -0.25) is 4.79 Å². The van der Waals surface area contributed by atoms with Crippen molar-refractivity contribution in [2.75, 3.05) is 13.2 Å². The first-order valence-electron chi connectivity index (χ1n) is 6.38. The zero-order valence-corrected chi connectivity index (χ0v) is 13.3. The molecule has 5 heteroatoms. The molecule has 1 aromatic carbocycles. The highest BCUT2D eigenvalue weighted by molar-refractivity contribution is 9.11. The summed E-state index contributed by atoms with van der Waals surface area (Å²) < 4.78 is 0.964. The third-order valence-electron chi connectivity index (χ3n) is 2.98. The van der Waals surface area contributed by atoms with Gasteiger partial charge < -0.3 is 10.4 Å². The fraction of sp³-hybridized carbons (Fsp3) is 0.267. The van der Waals surface area contributed by atoms with Crippen molar-refractivity contribution >= 4 is 33.0 Å². The van der Waals surface area contributed by atoms with Gasteiger partial charge in [0.2, 0.25) is 0 Å². The topological polar surface area (TPSA) is 49.3 Å². The van der Waals surface area contributed by atoms with E-state index in [1.54, 1.807) is 0 Å². The molecule has 3 nitrogen and oxygen atoms in total. The van der Waals surface area contributed by atoms with Crippen molar-refractivity contribution in [1.29, 1.82) is 0 Å². The molecule has 2 rings (SSSR count). The van der Waals surface area contributed by atoms with Crippen molar-refractivity contribution < 1.29 is 9.90 Å². The van der Waals surface area contributed by atoms with Crippen LogP contribution in [0.1, 0.15) is 27.7 Å². The number of ketones is 1. The molecule has 0 spiro atoms. The van der Waals surface area contributed by atoms with Crippen LogP contribution in [0, 0.1) is 0 Å². The van der Waals surface area contributed by atoms with Crippen LogP contribution in [0.15, 0.2) is 46.3 Å². The number of carbonyl (C=O) groups is 1. The van der Waals surface area contributed by atoms with E-state index in [1.165, 1.54) is 11.3 Å². The molecule has 20 heavy (non-hydrogen) atoms. The van der Waals surface area contributed by atoms with Crippen LogP contribution in [-0.2, 0) is 0 Å². The van der Waals surface area contributed by atoms with Crippen LogP contribution in [-0.4, -0.2) is 24.0 Å². The van der Waals surface area contributed by atoms with Gasteiger partial charge in [-0.15, -0.1) is 11.3 Å². The van der Waals surface area contributed by atoms with Gasteiger partial charge in [-0.1, -0.05) is 30.3 Å². The largest absolute Gasteiger partial charge is 0.394 e. The van der Waals surface area contributed by atoms with Gasteiger partial charge in [-0.05, 0) is 33.6 Å². The van der Waals surface area contributed by atoms with Crippen LogP contribution in [0.2, 0.25) is 0 Å². The Balaban J connectivity index is 1.84. The standard InChI is InChI=1S/C15H16BrNO2S/c16-15-7-6-14(20-15)13(19)8-9-17-12(10-18)11-4-2-1-3-5-11/h1-7,12,17-18H,8-10H2. The van der Waals surface area contributed by atoms with Crippen molar-refractivity contribution in [2.24, 2.45) is 0 Å². The second kappa shape index (κ2) is 7.69. The lowest BCUT2D eigenvalue weighted by Crippen LogP contribution is -2.26. The predicted molar refractivity (Wildman–Crippen MR) is 85.2 cm³/mol. The van der Waals surface area contributed by atoms with E-state index >= 15 is 0 Å². The Hall–Kier alpha value is -1.01. The fourth-order valence-corrected chi connectivity index (χ4v) is 3.27. The maximum Gasteiger partial charge on any atom is 0.174 e. The number of Topliss-reactive ketones (excluding diaryl/α,β-unsaturated/α-hetero) is 1. The van der Waals surface area contributed by atoms with E-state index in [1.807, 2.05) is 42.5 Å². The summed E-state index contributed by atoms with van der Waals surface area (Å²) in [7, 11) is 0. The summed E-state index contributed by atoms with van der Waals surface area (Å²) in [5, 5.41) is 12.6. The van der Waals surface area contributed by atoms with Crippen LogP contribution < -0.4 is 5.32 Å². The number of aliphatic hydroxyl groups is 1. The maximum atomic E-state index is 12.0. The Labute approximate surface area is 130 Å². The molecule has 1 unspecified atom stereocenters. The average molecular weight is 354 g/mol. The Morgan fingerprint density at radius 2 is 2.00 bits per heavy atom. The third kappa shape index (κ3) is 4.24. The Bertz CT molecular complexity index is 556. The predicted octanol–water partition coefficient (Wildman–Crippen LogP) is 3.41. The summed E-state index contributed by atoms with van der Waals surface area (Å²) in [6, 6.07) is 13.3. The van der Waals surface area contributed by atoms with Gasteiger partial charge >= 0.3 is 0 Å². The van der Waals surface area contributed by atoms with Gasteiger partial charge in [0.15, 0.2) is 5.78 Å². The summed E-state index contributed by atoms with van der Waals surface area (Å²) in [6.45, 7) is 0.567. The molecule has 0 fully saturated rings. The van der Waals surface area contributed by atoms with Gasteiger partial charge in [0.25, 0.3) is 0 Å². The highest BCUT2D eigenvalue weighted by atomic mass is 79.9. The Kier molecular flexibility index (Phi) is 5.91. The van der Waals surface area contributed by atoms with Gasteiger partial charge in [-0.2, -0.15) is 0 Å². The number of nitrogens with one attached hydrogen (secondary N) is 1. The molecule has 1 aromatic heterocycles. The molecule has 106 valence electrons. The third-order valence-corrected chi connectivity index (χ3v) is 4.64. The molecule has 2 N–H and O–H groups in total. The maximum absolute atomic E-state index is 12.0. The Morgan fingerprint density at radius 1 is 1.25 bits per heavy atom. The fourth-order valence-electron chi connectivity index (χ4n) is 1.92. The second-order valence-corrected chi connectivity index (χ2v) is 6.84. The molecule has 0 saturated heterocycles. The molecule has 0 aliphatic rings. The number of carbonyl (C=O) groups excluding carboxylic acids is 1. The minimum atomic E-state index is -0.126. The monoisotopic (exact) mass is 353 g/mol. The normalized spacial score (nSPS) is 12.3. The summed E-state index contributed by atoms with van der Waals surface area (Å²) >= 11 is 4.80. The van der Waals surface area contributed by atoms with E-state index in [9.17, 15) is 9.90 Å². The molecule has 2 aromatic rings. The van der Waals surface area contributed by atoms with Crippen LogP contribution in [0.5, 0.6) is 0 Å². The second-order valence-electron chi connectivity index (χ2n) is 4.38. The minimum Gasteiger partial charge on any atom is -0.394 e. The van der Waals surface area contributed by atoms with Crippen molar-refractivity contribution in [2.45, 2.75) is 12.5 Å². The summed E-state index contributed by atoms with van der Waals surface area (Å²) in [4.78, 5) is 12.7. The van der Waals surface area contributed by atoms with Crippen molar-refractivity contribution in [1.82, 2.24) is 5.32 Å². The van der Waals surface area contributed by atoms with E-state index in [2.05, 4.69) is 21.2 Å². The first kappa shape index (κ1) is 15.4. The van der Waals surface area contributed by atoms with E-state index in [0.717, 1.165) is 14.2 Å². The molecule has 0 saturated carbocycles. The highest BCUT2D eigenvalue weighted by Gasteiger charge is 2.12. The number of hydrogen-bond donors (Lipinski definition) is 2. The average Bonchev–Trinajstić information content (AvgIpc) is 2.91. The summed E-state index contributed by atoms with van der Waals surface area (Å²) in [5.74, 6) is 0.123. The lowest BCUT2D eigenvalue weighted by atomic mass is 10.1. The smallest absolute Gasteiger partial charge is 0.174 e.